The van der Waals surface area contributed by atoms with E-state index in [0.29, 0.717) is 35.8 Å². The van der Waals surface area contributed by atoms with Crippen molar-refractivity contribution in [2.45, 2.75) is 44.6 Å². The number of halogens is 1. The average Bonchev–Trinajstić information content (AvgIpc) is 3.04. The van der Waals surface area contributed by atoms with Crippen LogP contribution in [-0.4, -0.2) is 24.5 Å². The fourth-order valence-electron chi connectivity index (χ4n) is 3.06. The number of rotatable bonds is 4. The van der Waals surface area contributed by atoms with Gasteiger partial charge in [0.2, 0.25) is 11.8 Å². The first kappa shape index (κ1) is 16.1. The van der Waals surface area contributed by atoms with E-state index in [4.69, 9.17) is 16.3 Å². The molecule has 2 amide bonds. The van der Waals surface area contributed by atoms with E-state index in [0.717, 1.165) is 12.8 Å². The molecule has 2 N–H and O–H groups in total. The van der Waals surface area contributed by atoms with Crippen molar-refractivity contribution in [2.75, 3.05) is 11.9 Å². The van der Waals surface area contributed by atoms with E-state index in [1.807, 2.05) is 0 Å². The maximum atomic E-state index is 12.2. The molecule has 2 fully saturated rings. The molecule has 6 heteroatoms. The first-order chi connectivity index (χ1) is 11.1. The largest absolute Gasteiger partial charge is 0.489 e. The van der Waals surface area contributed by atoms with Crippen molar-refractivity contribution in [1.29, 1.82) is 0 Å². The molecule has 0 bridgehead atoms. The summed E-state index contributed by atoms with van der Waals surface area (Å²) in [5.74, 6) is 0.387. The number of hydrogen-bond acceptors (Lipinski definition) is 3. The van der Waals surface area contributed by atoms with Gasteiger partial charge in [0.15, 0.2) is 0 Å². The molecule has 0 aromatic heterocycles. The molecule has 1 aromatic carbocycles. The van der Waals surface area contributed by atoms with Crippen LogP contribution in [0.3, 0.4) is 0 Å². The van der Waals surface area contributed by atoms with Gasteiger partial charge in [0.1, 0.15) is 5.75 Å². The van der Waals surface area contributed by atoms with Crippen molar-refractivity contribution in [1.82, 2.24) is 5.32 Å². The summed E-state index contributed by atoms with van der Waals surface area (Å²) >= 11 is 6.26. The molecule has 1 aliphatic heterocycles. The molecular weight excluding hydrogens is 316 g/mol. The SMILES string of the molecule is O=C1CCC(C(=O)Nc2ccc(OC3CCCC3)c(Cl)c2)CN1. The van der Waals surface area contributed by atoms with Gasteiger partial charge < -0.3 is 15.4 Å². The van der Waals surface area contributed by atoms with Gasteiger partial charge in [-0.05, 0) is 50.3 Å². The number of amides is 2. The minimum absolute atomic E-state index is 0.00510. The van der Waals surface area contributed by atoms with Crippen molar-refractivity contribution in [3.05, 3.63) is 23.2 Å². The number of anilines is 1. The van der Waals surface area contributed by atoms with Gasteiger partial charge in [-0.25, -0.2) is 0 Å². The molecule has 5 nitrogen and oxygen atoms in total. The molecule has 1 heterocycles. The van der Waals surface area contributed by atoms with Gasteiger partial charge in [-0.1, -0.05) is 11.6 Å². The van der Waals surface area contributed by atoms with E-state index in [1.165, 1.54) is 12.8 Å². The molecule has 0 spiro atoms. The highest BCUT2D eigenvalue weighted by Crippen LogP contribution is 2.32. The molecular formula is C17H21ClN2O3. The van der Waals surface area contributed by atoms with E-state index in [9.17, 15) is 9.59 Å². The Labute approximate surface area is 140 Å². The first-order valence-corrected chi connectivity index (χ1v) is 8.53. The summed E-state index contributed by atoms with van der Waals surface area (Å²) < 4.78 is 5.90. The highest BCUT2D eigenvalue weighted by molar-refractivity contribution is 6.32. The Bertz CT molecular complexity index is 590. The summed E-state index contributed by atoms with van der Waals surface area (Å²) in [4.78, 5) is 23.4. The summed E-state index contributed by atoms with van der Waals surface area (Å²) in [5, 5.41) is 6.08. The third kappa shape index (κ3) is 4.16. The van der Waals surface area contributed by atoms with Crippen LogP contribution in [0.1, 0.15) is 38.5 Å². The van der Waals surface area contributed by atoms with Crippen molar-refractivity contribution in [2.24, 2.45) is 5.92 Å². The van der Waals surface area contributed by atoms with E-state index < -0.39 is 0 Å². The number of carbonyl (C=O) groups excluding carboxylic acids is 2. The lowest BCUT2D eigenvalue weighted by Gasteiger charge is -2.22. The standard InChI is InChI=1S/C17H21ClN2O3/c18-14-9-12(6-7-15(14)23-13-3-1-2-4-13)20-17(22)11-5-8-16(21)19-10-11/h6-7,9,11,13H,1-5,8,10H2,(H,19,21)(H,20,22). The third-order valence-corrected chi connectivity index (χ3v) is 4.73. The fourth-order valence-corrected chi connectivity index (χ4v) is 3.29. The van der Waals surface area contributed by atoms with Crippen LogP contribution in [0.2, 0.25) is 5.02 Å². The minimum Gasteiger partial charge on any atom is -0.489 e. The second-order valence-electron chi connectivity index (χ2n) is 6.20. The van der Waals surface area contributed by atoms with Crippen LogP contribution in [-0.2, 0) is 9.59 Å². The smallest absolute Gasteiger partial charge is 0.229 e. The minimum atomic E-state index is -0.194. The summed E-state index contributed by atoms with van der Waals surface area (Å²) in [7, 11) is 0. The molecule has 0 radical (unpaired) electrons. The van der Waals surface area contributed by atoms with Crippen LogP contribution >= 0.6 is 11.6 Å². The molecule has 1 aromatic rings. The molecule has 1 unspecified atom stereocenters. The van der Waals surface area contributed by atoms with E-state index in [-0.39, 0.29) is 23.8 Å². The van der Waals surface area contributed by atoms with Crippen molar-refractivity contribution in [3.8, 4) is 5.75 Å². The van der Waals surface area contributed by atoms with Crippen LogP contribution in [0.5, 0.6) is 5.75 Å². The Morgan fingerprint density at radius 3 is 2.70 bits per heavy atom. The number of carbonyl (C=O) groups is 2. The maximum absolute atomic E-state index is 12.2. The van der Waals surface area contributed by atoms with Crippen LogP contribution in [0.15, 0.2) is 18.2 Å². The predicted molar refractivity (Wildman–Crippen MR) is 88.7 cm³/mol. The van der Waals surface area contributed by atoms with Gasteiger partial charge in [0.05, 0.1) is 17.0 Å². The monoisotopic (exact) mass is 336 g/mol. The van der Waals surface area contributed by atoms with Gasteiger partial charge in [-0.15, -0.1) is 0 Å². The van der Waals surface area contributed by atoms with Crippen molar-refractivity contribution >= 4 is 29.1 Å². The molecule has 124 valence electrons. The molecule has 1 saturated heterocycles. The van der Waals surface area contributed by atoms with Crippen molar-refractivity contribution in [3.63, 3.8) is 0 Å². The van der Waals surface area contributed by atoms with Gasteiger partial charge in [0, 0.05) is 18.7 Å². The average molecular weight is 337 g/mol. The van der Waals surface area contributed by atoms with Gasteiger partial charge in [0.25, 0.3) is 0 Å². The van der Waals surface area contributed by atoms with Crippen LogP contribution in [0.25, 0.3) is 0 Å². The summed E-state index contributed by atoms with van der Waals surface area (Å²) in [6, 6.07) is 5.32. The van der Waals surface area contributed by atoms with Gasteiger partial charge >= 0.3 is 0 Å². The van der Waals surface area contributed by atoms with Crippen LogP contribution in [0.4, 0.5) is 5.69 Å². The topological polar surface area (TPSA) is 67.4 Å². The summed E-state index contributed by atoms with van der Waals surface area (Å²) in [6.07, 6.45) is 5.77. The van der Waals surface area contributed by atoms with Crippen LogP contribution < -0.4 is 15.4 Å². The number of nitrogens with one attached hydrogen (secondary N) is 2. The summed E-state index contributed by atoms with van der Waals surface area (Å²) in [6.45, 7) is 0.390. The fraction of sp³-hybridized carbons (Fsp3) is 0.529. The molecule has 1 aliphatic carbocycles. The quantitative estimate of drug-likeness (QED) is 0.887. The zero-order valence-electron chi connectivity index (χ0n) is 12.9. The van der Waals surface area contributed by atoms with E-state index in [1.54, 1.807) is 18.2 Å². The lowest BCUT2D eigenvalue weighted by molar-refractivity contribution is -0.126. The number of hydrogen-bond donors (Lipinski definition) is 2. The third-order valence-electron chi connectivity index (χ3n) is 4.43. The van der Waals surface area contributed by atoms with E-state index >= 15 is 0 Å². The second-order valence-corrected chi connectivity index (χ2v) is 6.61. The predicted octanol–water partition coefficient (Wildman–Crippen LogP) is 3.13. The zero-order chi connectivity index (χ0) is 16.2. The lowest BCUT2D eigenvalue weighted by atomic mass is 9.98. The molecule has 3 rings (SSSR count). The second kappa shape index (κ2) is 7.21. The Morgan fingerprint density at radius 2 is 2.04 bits per heavy atom. The van der Waals surface area contributed by atoms with Crippen molar-refractivity contribution < 1.29 is 14.3 Å². The maximum Gasteiger partial charge on any atom is 0.229 e. The molecule has 23 heavy (non-hydrogen) atoms. The highest BCUT2D eigenvalue weighted by atomic mass is 35.5. The lowest BCUT2D eigenvalue weighted by Crippen LogP contribution is -2.40. The Hall–Kier alpha value is -1.75. The highest BCUT2D eigenvalue weighted by Gasteiger charge is 2.24. The number of ether oxygens (including phenoxy) is 1. The Kier molecular flexibility index (Phi) is 5.06. The molecule has 1 atom stereocenters. The van der Waals surface area contributed by atoms with E-state index in [2.05, 4.69) is 10.6 Å². The molecule has 2 aliphatic rings. The summed E-state index contributed by atoms with van der Waals surface area (Å²) in [5.41, 5.74) is 0.649. The van der Waals surface area contributed by atoms with Gasteiger partial charge in [-0.3, -0.25) is 9.59 Å². The Morgan fingerprint density at radius 1 is 1.26 bits per heavy atom. The normalized spacial score (nSPS) is 21.8. The van der Waals surface area contributed by atoms with Gasteiger partial charge in [-0.2, -0.15) is 0 Å². The molecule has 1 saturated carbocycles. The number of piperidine rings is 1. The van der Waals surface area contributed by atoms with Crippen LogP contribution in [0, 0.1) is 5.92 Å². The zero-order valence-corrected chi connectivity index (χ0v) is 13.7. The number of benzene rings is 1. The Balaban J connectivity index is 1.58. The first-order valence-electron chi connectivity index (χ1n) is 8.15.